The number of rotatable bonds is 7. The van der Waals surface area contributed by atoms with Gasteiger partial charge in [-0.15, -0.1) is 0 Å². The lowest BCUT2D eigenvalue weighted by atomic mass is 10.1. The average molecular weight is 578 g/mol. The van der Waals surface area contributed by atoms with Crippen molar-refractivity contribution in [2.45, 2.75) is 15.8 Å². The summed E-state index contributed by atoms with van der Waals surface area (Å²) in [5.41, 5.74) is 0.151. The number of hydrogen-bond donors (Lipinski definition) is 1. The Kier molecular flexibility index (Phi) is 8.19. The Morgan fingerprint density at radius 2 is 1.45 bits per heavy atom. The number of carbonyl (C=O) groups excluding carboxylic acids is 2. The molecule has 1 N–H and O–H groups in total. The second-order valence-electron chi connectivity index (χ2n) is 8.30. The summed E-state index contributed by atoms with van der Waals surface area (Å²) >= 11 is 6.06. The molecular formula is C25H24ClN3O7S2. The van der Waals surface area contributed by atoms with Crippen molar-refractivity contribution < 1.29 is 31.2 Å². The van der Waals surface area contributed by atoms with Crippen molar-refractivity contribution in [1.82, 2.24) is 8.61 Å². The van der Waals surface area contributed by atoms with Crippen molar-refractivity contribution in [3.05, 3.63) is 89.4 Å². The quantitative estimate of drug-likeness (QED) is 0.427. The monoisotopic (exact) mass is 577 g/mol. The second kappa shape index (κ2) is 11.2. The molecule has 1 saturated heterocycles. The number of halogens is 1. The highest BCUT2D eigenvalue weighted by Gasteiger charge is 2.43. The summed E-state index contributed by atoms with van der Waals surface area (Å²) in [6.45, 7) is -0.831. The highest BCUT2D eigenvalue weighted by molar-refractivity contribution is 7.89. The van der Waals surface area contributed by atoms with E-state index in [0.717, 1.165) is 8.61 Å². The van der Waals surface area contributed by atoms with Crippen LogP contribution in [0.25, 0.3) is 0 Å². The van der Waals surface area contributed by atoms with Crippen molar-refractivity contribution in [2.24, 2.45) is 0 Å². The van der Waals surface area contributed by atoms with Crippen LogP contribution < -0.4 is 5.32 Å². The van der Waals surface area contributed by atoms with Gasteiger partial charge in [0, 0.05) is 25.3 Å². The van der Waals surface area contributed by atoms with E-state index in [4.69, 9.17) is 16.3 Å². The first-order valence-corrected chi connectivity index (χ1v) is 14.6. The third-order valence-corrected chi connectivity index (χ3v) is 10.1. The van der Waals surface area contributed by atoms with Gasteiger partial charge < -0.3 is 10.1 Å². The van der Waals surface area contributed by atoms with E-state index in [1.807, 2.05) is 0 Å². The number of sulfonamides is 2. The van der Waals surface area contributed by atoms with E-state index in [2.05, 4.69) is 5.32 Å². The van der Waals surface area contributed by atoms with Crippen molar-refractivity contribution in [2.75, 3.05) is 32.1 Å². The number of amides is 1. The van der Waals surface area contributed by atoms with Crippen LogP contribution in [-0.2, 0) is 29.6 Å². The van der Waals surface area contributed by atoms with E-state index in [9.17, 15) is 26.4 Å². The van der Waals surface area contributed by atoms with Gasteiger partial charge >= 0.3 is 5.97 Å². The van der Waals surface area contributed by atoms with Crippen LogP contribution >= 0.6 is 11.6 Å². The fourth-order valence-corrected chi connectivity index (χ4v) is 7.27. The van der Waals surface area contributed by atoms with E-state index >= 15 is 0 Å². The first kappa shape index (κ1) is 27.7. The van der Waals surface area contributed by atoms with Crippen LogP contribution in [0.1, 0.15) is 10.4 Å². The molecule has 10 nitrogen and oxygen atoms in total. The van der Waals surface area contributed by atoms with Crippen LogP contribution in [0.2, 0.25) is 5.02 Å². The lowest BCUT2D eigenvalue weighted by Crippen LogP contribution is -2.60. The molecule has 4 rings (SSSR count). The van der Waals surface area contributed by atoms with E-state index < -0.39 is 44.5 Å². The van der Waals surface area contributed by atoms with Gasteiger partial charge in [-0.2, -0.15) is 8.61 Å². The number of carbonyl (C=O) groups is 2. The Labute approximate surface area is 225 Å². The van der Waals surface area contributed by atoms with Gasteiger partial charge in [0.2, 0.25) is 26.0 Å². The molecule has 3 aromatic carbocycles. The van der Waals surface area contributed by atoms with Gasteiger partial charge in [0.1, 0.15) is 6.04 Å². The van der Waals surface area contributed by atoms with Gasteiger partial charge in [0.15, 0.2) is 0 Å². The zero-order valence-corrected chi connectivity index (χ0v) is 22.5. The molecule has 0 aliphatic carbocycles. The molecule has 0 radical (unpaired) electrons. The van der Waals surface area contributed by atoms with Gasteiger partial charge in [-0.05, 0) is 42.5 Å². The number of hydrogen-bond acceptors (Lipinski definition) is 7. The summed E-state index contributed by atoms with van der Waals surface area (Å²) in [5.74, 6) is -1.51. The number of benzene rings is 3. The molecule has 200 valence electrons. The standard InChI is InChI=1S/C25H24ClN3O7S2/c1-36-25(31)21-16-18(12-13-22(21)26)27-24(30)23-17-28(37(32,33)19-8-4-2-5-9-19)14-15-29(23)38(34,35)20-10-6-3-7-11-20/h2-13,16,23H,14-15,17H2,1H3,(H,27,30)/t23-/m1/s1. The highest BCUT2D eigenvalue weighted by Crippen LogP contribution is 2.27. The molecule has 0 saturated carbocycles. The van der Waals surface area contributed by atoms with E-state index in [1.165, 1.54) is 49.6 Å². The Hall–Kier alpha value is -3.29. The largest absolute Gasteiger partial charge is 0.465 e. The molecule has 3 aromatic rings. The van der Waals surface area contributed by atoms with Gasteiger partial charge in [0.05, 0.1) is 27.5 Å². The highest BCUT2D eigenvalue weighted by atomic mass is 35.5. The number of anilines is 1. The van der Waals surface area contributed by atoms with E-state index in [-0.39, 0.29) is 39.2 Å². The fourth-order valence-electron chi connectivity index (χ4n) is 4.03. The van der Waals surface area contributed by atoms with Crippen LogP contribution in [0.15, 0.2) is 88.7 Å². The average Bonchev–Trinajstić information content (AvgIpc) is 2.94. The number of nitrogens with one attached hydrogen (secondary N) is 1. The summed E-state index contributed by atoms with van der Waals surface area (Å²) in [6, 6.07) is 18.0. The third-order valence-electron chi connectivity index (χ3n) is 5.97. The molecule has 0 aromatic heterocycles. The van der Waals surface area contributed by atoms with Gasteiger partial charge in [-0.1, -0.05) is 48.0 Å². The predicted octanol–water partition coefficient (Wildman–Crippen LogP) is 2.83. The molecule has 0 unspecified atom stereocenters. The second-order valence-corrected chi connectivity index (χ2v) is 12.5. The van der Waals surface area contributed by atoms with Crippen LogP contribution in [0, 0.1) is 0 Å². The van der Waals surface area contributed by atoms with Crippen LogP contribution in [-0.4, -0.2) is 70.1 Å². The molecule has 1 aliphatic heterocycles. The first-order valence-electron chi connectivity index (χ1n) is 11.4. The maximum atomic E-state index is 13.5. The molecular weight excluding hydrogens is 554 g/mol. The number of piperazine rings is 1. The van der Waals surface area contributed by atoms with Crippen molar-refractivity contribution in [3.8, 4) is 0 Å². The minimum absolute atomic E-state index is 0.00217. The first-order chi connectivity index (χ1) is 18.1. The smallest absolute Gasteiger partial charge is 0.339 e. The van der Waals surface area contributed by atoms with Gasteiger partial charge in [0.25, 0.3) is 0 Å². The lowest BCUT2D eigenvalue weighted by Gasteiger charge is -2.38. The van der Waals surface area contributed by atoms with Crippen molar-refractivity contribution in [3.63, 3.8) is 0 Å². The Morgan fingerprint density at radius 3 is 2.03 bits per heavy atom. The molecule has 0 spiro atoms. The van der Waals surface area contributed by atoms with Crippen molar-refractivity contribution >= 4 is 49.2 Å². The third kappa shape index (κ3) is 5.59. The van der Waals surface area contributed by atoms with E-state index in [1.54, 1.807) is 36.4 Å². The molecule has 1 fully saturated rings. The minimum atomic E-state index is -4.16. The molecule has 0 bridgehead atoms. The van der Waals surface area contributed by atoms with E-state index in [0.29, 0.717) is 0 Å². The summed E-state index contributed by atoms with van der Waals surface area (Å²) < 4.78 is 60.4. The maximum absolute atomic E-state index is 13.5. The van der Waals surface area contributed by atoms with Gasteiger partial charge in [-0.25, -0.2) is 21.6 Å². The minimum Gasteiger partial charge on any atom is -0.465 e. The Bertz CT molecular complexity index is 1550. The zero-order chi connectivity index (χ0) is 27.5. The number of ether oxygens (including phenoxy) is 1. The number of esters is 1. The molecule has 13 heteroatoms. The molecule has 38 heavy (non-hydrogen) atoms. The summed E-state index contributed by atoms with van der Waals surface area (Å²) in [6.07, 6.45) is 0. The molecule has 1 heterocycles. The Morgan fingerprint density at radius 1 is 0.868 bits per heavy atom. The van der Waals surface area contributed by atoms with Crippen LogP contribution in [0.4, 0.5) is 5.69 Å². The van der Waals surface area contributed by atoms with Crippen LogP contribution in [0.3, 0.4) is 0 Å². The predicted molar refractivity (Wildman–Crippen MR) is 141 cm³/mol. The molecule has 1 amide bonds. The fraction of sp³-hybridized carbons (Fsp3) is 0.200. The summed E-state index contributed by atoms with van der Waals surface area (Å²) in [4.78, 5) is 25.5. The van der Waals surface area contributed by atoms with Gasteiger partial charge in [-0.3, -0.25) is 4.79 Å². The number of nitrogens with zero attached hydrogens (tertiary/aromatic N) is 2. The topological polar surface area (TPSA) is 130 Å². The summed E-state index contributed by atoms with van der Waals surface area (Å²) in [7, 11) is -6.99. The maximum Gasteiger partial charge on any atom is 0.339 e. The molecule has 1 atom stereocenters. The normalized spacial score (nSPS) is 17.1. The zero-order valence-electron chi connectivity index (χ0n) is 20.2. The SMILES string of the molecule is COC(=O)c1cc(NC(=O)[C@H]2CN(S(=O)(=O)c3ccccc3)CCN2S(=O)(=O)c2ccccc2)ccc1Cl. The van der Waals surface area contributed by atoms with Crippen molar-refractivity contribution in [1.29, 1.82) is 0 Å². The Balaban J connectivity index is 1.70. The molecule has 1 aliphatic rings. The van der Waals surface area contributed by atoms with Crippen LogP contribution in [0.5, 0.6) is 0 Å². The lowest BCUT2D eigenvalue weighted by molar-refractivity contribution is -0.120. The summed E-state index contributed by atoms with van der Waals surface area (Å²) in [5, 5.41) is 2.69. The number of methoxy groups -OCH3 is 1.